The second-order valence-corrected chi connectivity index (χ2v) is 5.98. The highest BCUT2D eigenvalue weighted by molar-refractivity contribution is 6.30. The number of imide groups is 1. The van der Waals surface area contributed by atoms with E-state index in [1.165, 1.54) is 0 Å². The van der Waals surface area contributed by atoms with E-state index < -0.39 is 24.1 Å². The summed E-state index contributed by atoms with van der Waals surface area (Å²) in [5.74, 6) is 1.91. The largest absolute Gasteiger partial charge is 0.389 e. The van der Waals surface area contributed by atoms with Crippen LogP contribution in [0.2, 0.25) is 5.02 Å². The molecule has 24 heavy (non-hydrogen) atoms. The van der Waals surface area contributed by atoms with Crippen LogP contribution in [-0.2, 0) is 9.53 Å². The van der Waals surface area contributed by atoms with Crippen LogP contribution in [0, 0.1) is 12.3 Å². The molecule has 1 aromatic carbocycles. The fraction of sp³-hybridized carbons (Fsp3) is 0.412. The van der Waals surface area contributed by atoms with Crippen molar-refractivity contribution in [1.29, 1.82) is 0 Å². The summed E-state index contributed by atoms with van der Waals surface area (Å²) in [5.41, 5.74) is 0.913. The van der Waals surface area contributed by atoms with Crippen LogP contribution in [0.25, 0.3) is 0 Å². The number of carbonyl (C=O) groups excluding carboxylic acids is 2. The maximum Gasteiger partial charge on any atom is 0.324 e. The number of rotatable bonds is 7. The molecule has 128 valence electrons. The Balaban J connectivity index is 1.84. The molecule has 0 aromatic heterocycles. The average Bonchev–Trinajstić information content (AvgIpc) is 2.81. The SMILES string of the molecule is C#CC[C@@H]1NC(=O)N(C[C@@H](O)CO[C@H](C)c2ccc(Cl)cc2)C1=O. The summed E-state index contributed by atoms with van der Waals surface area (Å²) < 4.78 is 5.59. The van der Waals surface area contributed by atoms with Gasteiger partial charge < -0.3 is 15.2 Å². The molecular formula is C17H19ClN2O4. The monoisotopic (exact) mass is 350 g/mol. The average molecular weight is 351 g/mol. The third kappa shape index (κ3) is 4.48. The highest BCUT2D eigenvalue weighted by Crippen LogP contribution is 2.19. The number of benzene rings is 1. The Morgan fingerprint density at radius 1 is 1.42 bits per heavy atom. The number of ether oxygens (including phenoxy) is 1. The number of hydrogen-bond acceptors (Lipinski definition) is 4. The summed E-state index contributed by atoms with van der Waals surface area (Å²) in [6.45, 7) is 1.69. The van der Waals surface area contributed by atoms with Crippen LogP contribution in [-0.4, -0.2) is 47.2 Å². The summed E-state index contributed by atoms with van der Waals surface area (Å²) >= 11 is 5.83. The maximum absolute atomic E-state index is 12.0. The number of hydrogen-bond donors (Lipinski definition) is 2. The standard InChI is InChI=1S/C17H19ClN2O4/c1-3-4-15-16(22)20(17(23)19-15)9-14(21)10-24-11(2)12-5-7-13(18)8-6-12/h1,5-8,11,14-15,21H,4,9-10H2,2H3,(H,19,23)/t11-,14-,15+/m1/s1. The maximum atomic E-state index is 12.0. The normalized spacial score (nSPS) is 19.8. The molecule has 0 bridgehead atoms. The van der Waals surface area contributed by atoms with E-state index in [2.05, 4.69) is 11.2 Å². The predicted octanol–water partition coefficient (Wildman–Crippen LogP) is 1.72. The molecule has 3 atom stereocenters. The predicted molar refractivity (Wildman–Crippen MR) is 89.3 cm³/mol. The molecule has 0 aliphatic carbocycles. The van der Waals surface area contributed by atoms with Gasteiger partial charge in [0.2, 0.25) is 0 Å². The lowest BCUT2D eigenvalue weighted by Gasteiger charge is -2.20. The van der Waals surface area contributed by atoms with Gasteiger partial charge in [-0.2, -0.15) is 0 Å². The first kappa shape index (κ1) is 18.3. The molecule has 0 unspecified atom stereocenters. The summed E-state index contributed by atoms with van der Waals surface area (Å²) in [7, 11) is 0. The van der Waals surface area contributed by atoms with Crippen molar-refractivity contribution in [2.24, 2.45) is 0 Å². The Labute approximate surface area is 145 Å². The number of halogens is 1. The molecule has 1 heterocycles. The van der Waals surface area contributed by atoms with Crippen LogP contribution in [0.15, 0.2) is 24.3 Å². The van der Waals surface area contributed by atoms with E-state index in [4.69, 9.17) is 22.8 Å². The Morgan fingerprint density at radius 2 is 2.08 bits per heavy atom. The van der Waals surface area contributed by atoms with E-state index in [0.717, 1.165) is 10.5 Å². The lowest BCUT2D eigenvalue weighted by molar-refractivity contribution is -0.128. The molecule has 1 fully saturated rings. The van der Waals surface area contributed by atoms with Gasteiger partial charge in [-0.25, -0.2) is 4.79 Å². The highest BCUT2D eigenvalue weighted by Gasteiger charge is 2.38. The number of β-amino-alcohol motifs (C(OH)–C–C–N with tert-alkyl or cyclic N) is 1. The molecule has 1 aliphatic rings. The zero-order valence-electron chi connectivity index (χ0n) is 13.2. The van der Waals surface area contributed by atoms with Crippen molar-refractivity contribution in [2.45, 2.75) is 31.6 Å². The highest BCUT2D eigenvalue weighted by atomic mass is 35.5. The Kier molecular flexibility index (Phi) is 6.21. The van der Waals surface area contributed by atoms with Crippen molar-refractivity contribution in [3.8, 4) is 12.3 Å². The van der Waals surface area contributed by atoms with Gasteiger partial charge in [-0.1, -0.05) is 23.7 Å². The Hall–Kier alpha value is -2.07. The topological polar surface area (TPSA) is 78.9 Å². The van der Waals surface area contributed by atoms with Crippen LogP contribution in [0.5, 0.6) is 0 Å². The lowest BCUT2D eigenvalue weighted by atomic mass is 10.1. The number of carbonyl (C=O) groups is 2. The molecule has 0 saturated carbocycles. The number of aliphatic hydroxyl groups is 1. The number of nitrogens with one attached hydrogen (secondary N) is 1. The van der Waals surface area contributed by atoms with E-state index >= 15 is 0 Å². The van der Waals surface area contributed by atoms with E-state index in [1.54, 1.807) is 12.1 Å². The minimum atomic E-state index is -0.987. The first-order valence-corrected chi connectivity index (χ1v) is 7.90. The molecular weight excluding hydrogens is 332 g/mol. The van der Waals surface area contributed by atoms with Crippen LogP contribution >= 0.6 is 11.6 Å². The van der Waals surface area contributed by atoms with Crippen molar-refractivity contribution >= 4 is 23.5 Å². The Morgan fingerprint density at radius 3 is 2.71 bits per heavy atom. The number of nitrogens with zero attached hydrogens (tertiary/aromatic N) is 1. The van der Waals surface area contributed by atoms with Gasteiger partial charge in [-0.3, -0.25) is 9.69 Å². The van der Waals surface area contributed by atoms with Gasteiger partial charge in [0, 0.05) is 11.4 Å². The second-order valence-electron chi connectivity index (χ2n) is 5.54. The molecule has 1 aromatic rings. The molecule has 0 spiro atoms. The third-order valence-electron chi connectivity index (χ3n) is 3.70. The summed E-state index contributed by atoms with van der Waals surface area (Å²) in [4.78, 5) is 24.7. The van der Waals surface area contributed by atoms with E-state index in [9.17, 15) is 14.7 Å². The molecule has 7 heteroatoms. The number of amides is 3. The van der Waals surface area contributed by atoms with E-state index in [1.807, 2.05) is 19.1 Å². The zero-order valence-corrected chi connectivity index (χ0v) is 14.0. The van der Waals surface area contributed by atoms with E-state index in [-0.39, 0.29) is 25.7 Å². The van der Waals surface area contributed by atoms with Gasteiger partial charge in [0.1, 0.15) is 6.04 Å². The van der Waals surface area contributed by atoms with Crippen LogP contribution < -0.4 is 5.32 Å². The van der Waals surface area contributed by atoms with Gasteiger partial charge in [0.15, 0.2) is 0 Å². The Bertz CT molecular complexity index is 641. The lowest BCUT2D eigenvalue weighted by Crippen LogP contribution is -2.39. The summed E-state index contributed by atoms with van der Waals surface area (Å²) in [6, 6.07) is 5.91. The first-order chi connectivity index (χ1) is 11.4. The van der Waals surface area contributed by atoms with Gasteiger partial charge in [-0.15, -0.1) is 12.3 Å². The van der Waals surface area contributed by atoms with Gasteiger partial charge >= 0.3 is 6.03 Å². The van der Waals surface area contributed by atoms with Crippen molar-refractivity contribution in [2.75, 3.05) is 13.2 Å². The molecule has 6 nitrogen and oxygen atoms in total. The number of urea groups is 1. The quantitative estimate of drug-likeness (QED) is 0.579. The summed E-state index contributed by atoms with van der Waals surface area (Å²) in [6.07, 6.45) is 4.04. The molecule has 0 radical (unpaired) electrons. The van der Waals surface area contributed by atoms with Gasteiger partial charge in [-0.05, 0) is 24.6 Å². The molecule has 2 rings (SSSR count). The van der Waals surface area contributed by atoms with E-state index in [0.29, 0.717) is 5.02 Å². The van der Waals surface area contributed by atoms with Gasteiger partial charge in [0.05, 0.1) is 25.4 Å². The smallest absolute Gasteiger partial charge is 0.324 e. The number of terminal acetylenes is 1. The molecule has 1 saturated heterocycles. The van der Waals surface area contributed by atoms with Crippen molar-refractivity contribution in [3.05, 3.63) is 34.9 Å². The number of aliphatic hydroxyl groups excluding tert-OH is 1. The van der Waals surface area contributed by atoms with Gasteiger partial charge in [0.25, 0.3) is 5.91 Å². The fourth-order valence-corrected chi connectivity index (χ4v) is 2.48. The second kappa shape index (κ2) is 8.15. The molecule has 3 amide bonds. The first-order valence-electron chi connectivity index (χ1n) is 7.52. The third-order valence-corrected chi connectivity index (χ3v) is 3.95. The van der Waals surface area contributed by atoms with Crippen LogP contribution in [0.1, 0.15) is 25.0 Å². The van der Waals surface area contributed by atoms with Crippen LogP contribution in [0.3, 0.4) is 0 Å². The minimum Gasteiger partial charge on any atom is -0.389 e. The fourth-order valence-electron chi connectivity index (χ4n) is 2.35. The zero-order chi connectivity index (χ0) is 17.7. The van der Waals surface area contributed by atoms with Crippen molar-refractivity contribution in [3.63, 3.8) is 0 Å². The molecule has 2 N–H and O–H groups in total. The van der Waals surface area contributed by atoms with Crippen molar-refractivity contribution in [1.82, 2.24) is 10.2 Å². The van der Waals surface area contributed by atoms with Crippen molar-refractivity contribution < 1.29 is 19.4 Å². The summed E-state index contributed by atoms with van der Waals surface area (Å²) in [5, 5.41) is 13.2. The minimum absolute atomic E-state index is 0.0132. The molecule has 1 aliphatic heterocycles. The van der Waals surface area contributed by atoms with Crippen LogP contribution in [0.4, 0.5) is 4.79 Å².